The van der Waals surface area contributed by atoms with Crippen LogP contribution >= 0.6 is 0 Å². The number of nitrogens with zero attached hydrogens (tertiary/aromatic N) is 4. The lowest BCUT2D eigenvalue weighted by molar-refractivity contribution is -0.123. The molecule has 0 radical (unpaired) electrons. The van der Waals surface area contributed by atoms with Gasteiger partial charge in [-0.3, -0.25) is 9.36 Å². The van der Waals surface area contributed by atoms with Gasteiger partial charge in [0.25, 0.3) is 0 Å². The molecule has 0 aromatic carbocycles. The van der Waals surface area contributed by atoms with Gasteiger partial charge in [-0.1, -0.05) is 82.2 Å². The zero-order valence-corrected chi connectivity index (χ0v) is 29.7. The first kappa shape index (κ1) is 33.9. The summed E-state index contributed by atoms with van der Waals surface area (Å²) in [5.41, 5.74) is 1.15. The number of ether oxygens (including phenoxy) is 2. The molecule has 240 valence electrons. The number of amides is 1. The second-order valence-corrected chi connectivity index (χ2v) is 22.8. The SMILES string of the molecule is C=CCO[C@@H]1[C@@H]2O[Si](C(C)C)(C(C)C)O[Si](C(C)C)(C(C)C)OC[C@H]2O[C@H]1n1cnc2c(NC(=O)C(C)(C)C)ncnc21. The Labute approximate surface area is 258 Å². The number of hydrogen-bond acceptors (Lipinski definition) is 9. The number of hydrogen-bond donors (Lipinski definition) is 1. The molecule has 0 unspecified atom stereocenters. The van der Waals surface area contributed by atoms with E-state index in [1.807, 2.05) is 25.3 Å². The molecule has 4 rings (SSSR count). The molecular weight excluding hydrogens is 583 g/mol. The summed E-state index contributed by atoms with van der Waals surface area (Å²) in [7, 11) is -5.65. The molecule has 2 aromatic heterocycles. The number of anilines is 1. The predicted molar refractivity (Wildman–Crippen MR) is 171 cm³/mol. The Morgan fingerprint density at radius 2 is 1.70 bits per heavy atom. The van der Waals surface area contributed by atoms with Crippen molar-refractivity contribution in [3.05, 3.63) is 25.3 Å². The third-order valence-electron chi connectivity index (χ3n) is 8.57. The Balaban J connectivity index is 1.80. The molecule has 43 heavy (non-hydrogen) atoms. The molecule has 0 spiro atoms. The zero-order valence-electron chi connectivity index (χ0n) is 27.7. The van der Waals surface area contributed by atoms with Crippen molar-refractivity contribution in [3.63, 3.8) is 0 Å². The fourth-order valence-electron chi connectivity index (χ4n) is 6.13. The maximum absolute atomic E-state index is 12.8. The number of carbonyl (C=O) groups is 1. The van der Waals surface area contributed by atoms with Crippen molar-refractivity contribution in [1.29, 1.82) is 0 Å². The van der Waals surface area contributed by atoms with Gasteiger partial charge >= 0.3 is 17.1 Å². The van der Waals surface area contributed by atoms with Gasteiger partial charge in [0.1, 0.15) is 24.6 Å². The van der Waals surface area contributed by atoms with E-state index in [9.17, 15) is 4.79 Å². The summed E-state index contributed by atoms with van der Waals surface area (Å²) in [6.45, 7) is 27.6. The Bertz CT molecular complexity index is 1280. The summed E-state index contributed by atoms with van der Waals surface area (Å²) in [6.07, 6.45) is 2.80. The van der Waals surface area contributed by atoms with Gasteiger partial charge in [-0.05, 0) is 22.2 Å². The van der Waals surface area contributed by atoms with Crippen LogP contribution in [-0.4, -0.2) is 74.1 Å². The number of carbonyl (C=O) groups excluding carboxylic acids is 1. The molecule has 2 fully saturated rings. The standard InChI is InChI=1S/C30H51N5O6Si2/c1-13-14-37-25-24-22(15-38-42(18(2)3,19(4)5)41-43(40-24,20(6)7)21(8)9)39-28(25)35-17-33-23-26(31-16-32-27(23)35)34-29(36)30(10,11)12/h13,16-22,24-25,28H,1,14-15H2,2-12H3,(H,31,32,34,36)/t22-,24-,25-,28-/m1/s1. The minimum atomic E-state index is -2.91. The van der Waals surface area contributed by atoms with Crippen molar-refractivity contribution in [3.8, 4) is 0 Å². The normalized spacial score (nSPS) is 25.7. The highest BCUT2D eigenvalue weighted by atomic mass is 28.5. The molecule has 0 bridgehead atoms. The van der Waals surface area contributed by atoms with Crippen LogP contribution in [-0.2, 0) is 27.2 Å². The molecule has 2 aliphatic heterocycles. The summed E-state index contributed by atoms with van der Waals surface area (Å²) >= 11 is 0. The summed E-state index contributed by atoms with van der Waals surface area (Å²) in [5.74, 6) is 0.182. The van der Waals surface area contributed by atoms with Gasteiger partial charge in [-0.15, -0.1) is 6.58 Å². The highest BCUT2D eigenvalue weighted by molar-refractivity contribution is 6.84. The molecular formula is C30H51N5O6Si2. The number of imidazole rings is 1. The van der Waals surface area contributed by atoms with Crippen molar-refractivity contribution in [2.24, 2.45) is 5.41 Å². The van der Waals surface area contributed by atoms with Gasteiger partial charge in [0.2, 0.25) is 5.91 Å². The number of fused-ring (bicyclic) bond motifs is 2. The molecule has 4 heterocycles. The highest BCUT2D eigenvalue weighted by Gasteiger charge is 2.62. The van der Waals surface area contributed by atoms with Crippen molar-refractivity contribution in [1.82, 2.24) is 19.5 Å². The van der Waals surface area contributed by atoms with E-state index < -0.39 is 47.1 Å². The first-order chi connectivity index (χ1) is 20.1. The molecule has 1 amide bonds. The molecule has 1 N–H and O–H groups in total. The minimum absolute atomic E-state index is 0.161. The predicted octanol–water partition coefficient (Wildman–Crippen LogP) is 6.24. The van der Waals surface area contributed by atoms with Crippen molar-refractivity contribution in [2.45, 2.75) is 123 Å². The van der Waals surface area contributed by atoms with E-state index in [2.05, 4.69) is 82.2 Å². The number of aromatic nitrogens is 4. The summed E-state index contributed by atoms with van der Waals surface area (Å²) in [6, 6.07) is 0. The van der Waals surface area contributed by atoms with Crippen LogP contribution in [0.2, 0.25) is 22.2 Å². The van der Waals surface area contributed by atoms with Crippen LogP contribution in [0.1, 0.15) is 82.4 Å². The van der Waals surface area contributed by atoms with Crippen LogP contribution in [0, 0.1) is 5.41 Å². The molecule has 11 nitrogen and oxygen atoms in total. The van der Waals surface area contributed by atoms with Gasteiger partial charge in [-0.2, -0.15) is 0 Å². The maximum atomic E-state index is 12.8. The van der Waals surface area contributed by atoms with E-state index in [-0.39, 0.29) is 28.1 Å². The fourth-order valence-corrected chi connectivity index (χ4v) is 17.3. The smallest absolute Gasteiger partial charge is 0.335 e. The first-order valence-corrected chi connectivity index (χ1v) is 19.4. The average Bonchev–Trinajstić information content (AvgIpc) is 3.47. The van der Waals surface area contributed by atoms with E-state index in [0.717, 1.165) is 0 Å². The minimum Gasteiger partial charge on any atom is -0.414 e. The Hall–Kier alpha value is -2.01. The van der Waals surface area contributed by atoms with E-state index in [4.69, 9.17) is 22.4 Å². The van der Waals surface area contributed by atoms with Crippen LogP contribution < -0.4 is 5.32 Å². The van der Waals surface area contributed by atoms with E-state index >= 15 is 0 Å². The van der Waals surface area contributed by atoms with Gasteiger partial charge in [-0.25, -0.2) is 15.0 Å². The molecule has 2 saturated heterocycles. The van der Waals surface area contributed by atoms with Crippen LogP contribution in [0.25, 0.3) is 11.2 Å². The largest absolute Gasteiger partial charge is 0.414 e. The number of nitrogens with one attached hydrogen (secondary N) is 1. The molecule has 2 aromatic rings. The molecule has 2 aliphatic rings. The van der Waals surface area contributed by atoms with Crippen LogP contribution in [0.4, 0.5) is 5.82 Å². The zero-order chi connectivity index (χ0) is 31.9. The Morgan fingerprint density at radius 1 is 1.07 bits per heavy atom. The maximum Gasteiger partial charge on any atom is 0.335 e. The summed E-state index contributed by atoms with van der Waals surface area (Å²) in [4.78, 5) is 26.2. The Kier molecular flexibility index (Phi) is 10.1. The van der Waals surface area contributed by atoms with E-state index in [0.29, 0.717) is 30.2 Å². The highest BCUT2D eigenvalue weighted by Crippen LogP contribution is 2.49. The third-order valence-corrected chi connectivity index (χ3v) is 18.8. The third kappa shape index (κ3) is 6.27. The molecule has 0 saturated carbocycles. The lowest BCUT2D eigenvalue weighted by atomic mass is 9.96. The summed E-state index contributed by atoms with van der Waals surface area (Å²) in [5, 5.41) is 2.90. The number of rotatable bonds is 9. The second kappa shape index (κ2) is 12.8. The van der Waals surface area contributed by atoms with Crippen LogP contribution in [0.3, 0.4) is 0 Å². The molecule has 4 atom stereocenters. The second-order valence-electron chi connectivity index (χ2n) is 14.0. The quantitative estimate of drug-likeness (QED) is 0.253. The van der Waals surface area contributed by atoms with Gasteiger partial charge in [0.05, 0.1) is 19.5 Å². The van der Waals surface area contributed by atoms with E-state index in [1.165, 1.54) is 6.33 Å². The van der Waals surface area contributed by atoms with Crippen molar-refractivity contribution >= 4 is 40.0 Å². The van der Waals surface area contributed by atoms with E-state index in [1.54, 1.807) is 12.4 Å². The summed E-state index contributed by atoms with van der Waals surface area (Å²) < 4.78 is 36.7. The monoisotopic (exact) mass is 633 g/mol. The van der Waals surface area contributed by atoms with Gasteiger partial charge < -0.3 is 27.8 Å². The fraction of sp³-hybridized carbons (Fsp3) is 0.733. The Morgan fingerprint density at radius 3 is 2.26 bits per heavy atom. The lowest BCUT2D eigenvalue weighted by Crippen LogP contribution is -2.66. The van der Waals surface area contributed by atoms with Crippen molar-refractivity contribution in [2.75, 3.05) is 18.5 Å². The average molecular weight is 634 g/mol. The van der Waals surface area contributed by atoms with Gasteiger partial charge in [0, 0.05) is 5.41 Å². The lowest BCUT2D eigenvalue weighted by Gasteiger charge is -2.51. The molecule has 0 aliphatic carbocycles. The van der Waals surface area contributed by atoms with Crippen LogP contribution in [0.5, 0.6) is 0 Å². The topological polar surface area (TPSA) is 119 Å². The van der Waals surface area contributed by atoms with Crippen LogP contribution in [0.15, 0.2) is 25.3 Å². The van der Waals surface area contributed by atoms with Gasteiger partial charge in [0.15, 0.2) is 23.2 Å². The first-order valence-electron chi connectivity index (χ1n) is 15.5. The van der Waals surface area contributed by atoms with Crippen molar-refractivity contribution < 1.29 is 27.2 Å². The molecule has 13 heteroatoms.